The van der Waals surface area contributed by atoms with Crippen molar-refractivity contribution in [2.24, 2.45) is 0 Å². The predicted octanol–water partition coefficient (Wildman–Crippen LogP) is 2.70. The molecule has 0 spiro atoms. The molecule has 1 fully saturated rings. The van der Waals surface area contributed by atoms with Crippen LogP contribution < -0.4 is 0 Å². The molecule has 0 bridgehead atoms. The second-order valence-electron chi connectivity index (χ2n) is 5.46. The van der Waals surface area contributed by atoms with Crippen LogP contribution in [-0.2, 0) is 14.8 Å². The second-order valence-corrected chi connectivity index (χ2v) is 7.72. The molecule has 0 aromatic heterocycles. The average Bonchev–Trinajstić information content (AvgIpc) is 2.88. The number of sulfonamides is 1. The zero-order chi connectivity index (χ0) is 15.8. The summed E-state index contributed by atoms with van der Waals surface area (Å²) in [6.07, 6.45) is 0.869. The van der Waals surface area contributed by atoms with Crippen molar-refractivity contribution in [3.05, 3.63) is 28.8 Å². The summed E-state index contributed by atoms with van der Waals surface area (Å²) in [4.78, 5) is 11.2. The van der Waals surface area contributed by atoms with Crippen molar-refractivity contribution in [1.29, 1.82) is 0 Å². The normalized spacial score (nSPS) is 20.1. The van der Waals surface area contributed by atoms with Gasteiger partial charge in [0.05, 0.1) is 5.02 Å². The quantitative estimate of drug-likeness (QED) is 0.920. The van der Waals surface area contributed by atoms with E-state index in [0.717, 1.165) is 9.87 Å². The van der Waals surface area contributed by atoms with Crippen molar-refractivity contribution in [2.75, 3.05) is 6.54 Å². The largest absolute Gasteiger partial charge is 0.480 e. The highest BCUT2D eigenvalue weighted by Gasteiger charge is 2.40. The topological polar surface area (TPSA) is 74.7 Å². The molecule has 1 aromatic rings. The number of carboxylic acids is 1. The van der Waals surface area contributed by atoms with Crippen LogP contribution in [0, 0.1) is 0 Å². The fourth-order valence-corrected chi connectivity index (χ4v) is 4.64. The molecule has 2 rings (SSSR count). The Morgan fingerprint density at radius 3 is 2.67 bits per heavy atom. The van der Waals surface area contributed by atoms with E-state index in [0.29, 0.717) is 12.8 Å². The molecule has 7 heteroatoms. The summed E-state index contributed by atoms with van der Waals surface area (Å²) >= 11 is 6.04. The number of carboxylic acid groups (broad SMARTS) is 1. The number of aliphatic carboxylic acids is 1. The van der Waals surface area contributed by atoms with Crippen LogP contribution in [0.15, 0.2) is 23.1 Å². The van der Waals surface area contributed by atoms with Gasteiger partial charge in [0, 0.05) is 6.54 Å². The Morgan fingerprint density at radius 1 is 1.43 bits per heavy atom. The fourth-order valence-electron chi connectivity index (χ4n) is 2.48. The highest BCUT2D eigenvalue weighted by Crippen LogP contribution is 2.32. The predicted molar refractivity (Wildman–Crippen MR) is 80.1 cm³/mol. The fraction of sp³-hybridized carbons (Fsp3) is 0.500. The van der Waals surface area contributed by atoms with Gasteiger partial charge in [0.25, 0.3) is 0 Å². The molecule has 0 aliphatic carbocycles. The summed E-state index contributed by atoms with van der Waals surface area (Å²) < 4.78 is 26.5. The van der Waals surface area contributed by atoms with Gasteiger partial charge < -0.3 is 5.11 Å². The molecule has 21 heavy (non-hydrogen) atoms. The summed E-state index contributed by atoms with van der Waals surface area (Å²) in [5.74, 6) is -0.961. The summed E-state index contributed by atoms with van der Waals surface area (Å²) in [6, 6.07) is 3.87. The Balaban J connectivity index is 2.49. The van der Waals surface area contributed by atoms with Crippen molar-refractivity contribution in [1.82, 2.24) is 4.31 Å². The zero-order valence-corrected chi connectivity index (χ0v) is 13.5. The molecule has 5 nitrogen and oxygen atoms in total. The van der Waals surface area contributed by atoms with E-state index >= 15 is 0 Å². The van der Waals surface area contributed by atoms with Gasteiger partial charge in [-0.25, -0.2) is 8.42 Å². The number of nitrogens with zero attached hydrogens (tertiary/aromatic N) is 1. The molecule has 1 aliphatic rings. The maximum atomic E-state index is 12.7. The van der Waals surface area contributed by atoms with Crippen LogP contribution in [0.4, 0.5) is 0 Å². The van der Waals surface area contributed by atoms with Crippen LogP contribution in [0.25, 0.3) is 0 Å². The van der Waals surface area contributed by atoms with E-state index in [-0.39, 0.29) is 22.4 Å². The van der Waals surface area contributed by atoms with Gasteiger partial charge in [-0.05, 0) is 36.5 Å². The lowest BCUT2D eigenvalue weighted by Gasteiger charge is -2.22. The first-order chi connectivity index (χ1) is 9.75. The van der Waals surface area contributed by atoms with Crippen LogP contribution in [0.2, 0.25) is 5.02 Å². The van der Waals surface area contributed by atoms with E-state index in [1.54, 1.807) is 18.2 Å². The van der Waals surface area contributed by atoms with Gasteiger partial charge >= 0.3 is 5.97 Å². The summed E-state index contributed by atoms with van der Waals surface area (Å²) in [5.41, 5.74) is 0.851. The first-order valence-corrected chi connectivity index (χ1v) is 8.61. The third-order valence-electron chi connectivity index (χ3n) is 3.70. The maximum Gasteiger partial charge on any atom is 0.322 e. The smallest absolute Gasteiger partial charge is 0.322 e. The molecule has 1 atom stereocenters. The van der Waals surface area contributed by atoms with Gasteiger partial charge in [0.1, 0.15) is 10.9 Å². The van der Waals surface area contributed by atoms with E-state index in [4.69, 9.17) is 16.7 Å². The number of hydrogen-bond acceptors (Lipinski definition) is 3. The van der Waals surface area contributed by atoms with E-state index in [2.05, 4.69) is 0 Å². The summed E-state index contributed by atoms with van der Waals surface area (Å²) in [6.45, 7) is 4.12. The van der Waals surface area contributed by atoms with Gasteiger partial charge in [0.15, 0.2) is 0 Å². The monoisotopic (exact) mass is 331 g/mol. The van der Waals surface area contributed by atoms with Crippen LogP contribution in [0.5, 0.6) is 0 Å². The van der Waals surface area contributed by atoms with Crippen molar-refractivity contribution in [3.8, 4) is 0 Å². The number of carbonyl (C=O) groups is 1. The first kappa shape index (κ1) is 16.3. The lowest BCUT2D eigenvalue weighted by atomic mass is 10.0. The highest BCUT2D eigenvalue weighted by molar-refractivity contribution is 7.89. The number of benzene rings is 1. The minimum absolute atomic E-state index is 0.0106. The lowest BCUT2D eigenvalue weighted by Crippen LogP contribution is -2.40. The third-order valence-corrected chi connectivity index (χ3v) is 6.09. The van der Waals surface area contributed by atoms with Crippen LogP contribution in [-0.4, -0.2) is 36.4 Å². The summed E-state index contributed by atoms with van der Waals surface area (Å²) in [5, 5.41) is 9.29. The van der Waals surface area contributed by atoms with E-state index in [1.165, 1.54) is 0 Å². The van der Waals surface area contributed by atoms with Crippen molar-refractivity contribution < 1.29 is 18.3 Å². The molecule has 1 heterocycles. The minimum Gasteiger partial charge on any atom is -0.480 e. The van der Waals surface area contributed by atoms with Crippen molar-refractivity contribution in [3.63, 3.8) is 0 Å². The van der Waals surface area contributed by atoms with Gasteiger partial charge in [-0.2, -0.15) is 4.31 Å². The highest BCUT2D eigenvalue weighted by atomic mass is 35.5. The Hall–Kier alpha value is -1.11. The Labute approximate surface area is 129 Å². The zero-order valence-electron chi connectivity index (χ0n) is 11.9. The Bertz CT molecular complexity index is 657. The van der Waals surface area contributed by atoms with Gasteiger partial charge in [-0.3, -0.25) is 4.79 Å². The molecule has 0 saturated carbocycles. The van der Waals surface area contributed by atoms with Crippen molar-refractivity contribution >= 4 is 27.6 Å². The van der Waals surface area contributed by atoms with E-state index in [1.807, 2.05) is 13.8 Å². The van der Waals surface area contributed by atoms with Gasteiger partial charge in [0.2, 0.25) is 10.0 Å². The molecule has 116 valence electrons. The maximum absolute atomic E-state index is 12.7. The third kappa shape index (κ3) is 3.07. The summed E-state index contributed by atoms with van der Waals surface area (Å²) in [7, 11) is -3.90. The number of hydrogen-bond donors (Lipinski definition) is 1. The Kier molecular flexibility index (Phi) is 4.60. The molecule has 1 aromatic carbocycles. The standard InChI is InChI=1S/C14H18ClNO4S/c1-9(2)10-5-6-11(15)13(8-10)21(19,20)16-7-3-4-12(16)14(17)18/h5-6,8-9,12H,3-4,7H2,1-2H3,(H,17,18). The van der Waals surface area contributed by atoms with Gasteiger partial charge in [-0.1, -0.05) is 31.5 Å². The number of halogens is 1. The minimum atomic E-state index is -3.90. The molecular weight excluding hydrogens is 314 g/mol. The average molecular weight is 332 g/mol. The molecular formula is C14H18ClNO4S. The van der Waals surface area contributed by atoms with Gasteiger partial charge in [-0.15, -0.1) is 0 Å². The Morgan fingerprint density at radius 2 is 2.10 bits per heavy atom. The molecule has 1 aliphatic heterocycles. The molecule has 1 N–H and O–H groups in total. The van der Waals surface area contributed by atoms with Crippen LogP contribution in [0.1, 0.15) is 38.2 Å². The number of rotatable bonds is 4. The lowest BCUT2D eigenvalue weighted by molar-refractivity contribution is -0.140. The molecule has 0 radical (unpaired) electrons. The molecule has 1 unspecified atom stereocenters. The van der Waals surface area contributed by atoms with Crippen molar-refractivity contribution in [2.45, 2.75) is 43.5 Å². The SMILES string of the molecule is CC(C)c1ccc(Cl)c(S(=O)(=O)N2CCCC2C(=O)O)c1. The molecule has 0 amide bonds. The first-order valence-electron chi connectivity index (χ1n) is 6.79. The molecule has 1 saturated heterocycles. The van der Waals surface area contributed by atoms with Crippen LogP contribution in [0.3, 0.4) is 0 Å². The van der Waals surface area contributed by atoms with Crippen LogP contribution >= 0.6 is 11.6 Å². The van der Waals surface area contributed by atoms with E-state index < -0.39 is 22.0 Å². The second kappa shape index (κ2) is 5.94. The van der Waals surface area contributed by atoms with E-state index in [9.17, 15) is 13.2 Å².